The van der Waals surface area contributed by atoms with E-state index in [9.17, 15) is 4.79 Å². The second-order valence-corrected chi connectivity index (χ2v) is 4.91. The van der Waals surface area contributed by atoms with Gasteiger partial charge in [-0.3, -0.25) is 4.79 Å². The second-order valence-electron chi connectivity index (χ2n) is 4.65. The smallest absolute Gasteiger partial charge is 0.242 e. The van der Waals surface area contributed by atoms with Crippen LogP contribution in [0.5, 0.6) is 0 Å². The van der Waals surface area contributed by atoms with Crippen molar-refractivity contribution in [2.24, 2.45) is 0 Å². The molecule has 1 aromatic rings. The van der Waals surface area contributed by atoms with E-state index < -0.39 is 0 Å². The molecule has 1 unspecified atom stereocenters. The molecule has 0 heterocycles. The van der Waals surface area contributed by atoms with Crippen molar-refractivity contribution in [2.45, 2.75) is 33.7 Å². The van der Waals surface area contributed by atoms with E-state index in [4.69, 9.17) is 16.3 Å². The number of carbonyl (C=O) groups excluding carboxylic acids is 1. The number of alkyl halides is 1. The third-order valence-corrected chi connectivity index (χ3v) is 3.30. The van der Waals surface area contributed by atoms with Crippen molar-refractivity contribution in [3.8, 4) is 0 Å². The van der Waals surface area contributed by atoms with Gasteiger partial charge in [-0.1, -0.05) is 18.2 Å². The molecule has 0 aliphatic carbocycles. The van der Waals surface area contributed by atoms with E-state index in [0.29, 0.717) is 13.2 Å². The van der Waals surface area contributed by atoms with Crippen LogP contribution in [-0.2, 0) is 9.53 Å². The lowest BCUT2D eigenvalue weighted by Gasteiger charge is -2.31. The summed E-state index contributed by atoms with van der Waals surface area (Å²) in [5, 5.41) is 0. The number of amides is 1. The minimum atomic E-state index is -0.0914. The Morgan fingerprint density at radius 3 is 2.42 bits per heavy atom. The summed E-state index contributed by atoms with van der Waals surface area (Å²) in [6.07, 6.45) is 0. The first-order chi connectivity index (χ1) is 9.02. The first kappa shape index (κ1) is 16.0. The standard InChI is InChI=1S/C15H22ClNO2/c1-5-19-10-13(4)17(14(18)9-16)15-11(2)7-6-8-12(15)3/h6-8,13H,5,9-10H2,1-4H3. The Balaban J connectivity index is 3.13. The van der Waals surface area contributed by atoms with Crippen molar-refractivity contribution in [2.75, 3.05) is 24.0 Å². The summed E-state index contributed by atoms with van der Waals surface area (Å²) >= 11 is 5.75. The molecule has 1 rings (SSSR count). The maximum absolute atomic E-state index is 12.2. The number of para-hydroxylation sites is 1. The minimum absolute atomic E-state index is 0.0236. The molecule has 0 aliphatic rings. The van der Waals surface area contributed by atoms with Crippen LogP contribution in [0, 0.1) is 13.8 Å². The Labute approximate surface area is 120 Å². The van der Waals surface area contributed by atoms with Gasteiger partial charge in [0.15, 0.2) is 0 Å². The molecule has 1 aromatic carbocycles. The molecule has 3 nitrogen and oxygen atoms in total. The highest BCUT2D eigenvalue weighted by atomic mass is 35.5. The maximum atomic E-state index is 12.2. The van der Waals surface area contributed by atoms with Crippen molar-refractivity contribution in [1.82, 2.24) is 0 Å². The van der Waals surface area contributed by atoms with E-state index in [1.165, 1.54) is 0 Å². The SMILES string of the molecule is CCOCC(C)N(C(=O)CCl)c1c(C)cccc1C. The second kappa shape index (κ2) is 7.51. The van der Waals surface area contributed by atoms with Gasteiger partial charge >= 0.3 is 0 Å². The average Bonchev–Trinajstić information content (AvgIpc) is 2.39. The fourth-order valence-electron chi connectivity index (χ4n) is 2.20. The molecule has 0 spiro atoms. The number of halogens is 1. The van der Waals surface area contributed by atoms with Gasteiger partial charge in [0.05, 0.1) is 12.6 Å². The predicted octanol–water partition coefficient (Wildman–Crippen LogP) is 3.30. The molecule has 0 aliphatic heterocycles. The maximum Gasteiger partial charge on any atom is 0.242 e. The molecular weight excluding hydrogens is 262 g/mol. The molecular formula is C15H22ClNO2. The molecule has 1 amide bonds. The van der Waals surface area contributed by atoms with Gasteiger partial charge in [-0.25, -0.2) is 0 Å². The molecule has 0 saturated heterocycles. The predicted molar refractivity (Wildman–Crippen MR) is 80.1 cm³/mol. The highest BCUT2D eigenvalue weighted by molar-refractivity contribution is 6.29. The van der Waals surface area contributed by atoms with E-state index in [1.54, 1.807) is 4.90 Å². The van der Waals surface area contributed by atoms with Crippen LogP contribution in [0.1, 0.15) is 25.0 Å². The van der Waals surface area contributed by atoms with Crippen molar-refractivity contribution < 1.29 is 9.53 Å². The highest BCUT2D eigenvalue weighted by Crippen LogP contribution is 2.27. The average molecular weight is 284 g/mol. The largest absolute Gasteiger partial charge is 0.380 e. The fraction of sp³-hybridized carbons (Fsp3) is 0.533. The molecule has 0 fully saturated rings. The van der Waals surface area contributed by atoms with Gasteiger partial charge < -0.3 is 9.64 Å². The van der Waals surface area contributed by atoms with Crippen LogP contribution in [0.4, 0.5) is 5.69 Å². The quantitative estimate of drug-likeness (QED) is 0.750. The van der Waals surface area contributed by atoms with Gasteiger partial charge in [0, 0.05) is 12.3 Å². The van der Waals surface area contributed by atoms with Crippen LogP contribution in [-0.4, -0.2) is 31.0 Å². The molecule has 106 valence electrons. The van der Waals surface area contributed by atoms with Crippen molar-refractivity contribution in [3.63, 3.8) is 0 Å². The number of carbonyl (C=O) groups is 1. The van der Waals surface area contributed by atoms with E-state index in [-0.39, 0.29) is 17.8 Å². The number of anilines is 1. The lowest BCUT2D eigenvalue weighted by atomic mass is 10.1. The number of hydrogen-bond acceptors (Lipinski definition) is 2. The molecule has 0 aromatic heterocycles. The number of rotatable bonds is 6. The zero-order valence-corrected chi connectivity index (χ0v) is 12.8. The molecule has 19 heavy (non-hydrogen) atoms. The van der Waals surface area contributed by atoms with Crippen LogP contribution < -0.4 is 4.90 Å². The van der Waals surface area contributed by atoms with Gasteiger partial charge in [0.25, 0.3) is 0 Å². The molecule has 4 heteroatoms. The summed E-state index contributed by atoms with van der Waals surface area (Å²) in [4.78, 5) is 13.9. The zero-order valence-electron chi connectivity index (χ0n) is 12.1. The number of ether oxygens (including phenoxy) is 1. The van der Waals surface area contributed by atoms with E-state index in [2.05, 4.69) is 0 Å². The Morgan fingerprint density at radius 2 is 1.95 bits per heavy atom. The van der Waals surface area contributed by atoms with Crippen molar-refractivity contribution >= 4 is 23.2 Å². The highest BCUT2D eigenvalue weighted by Gasteiger charge is 2.24. The molecule has 0 bridgehead atoms. The van der Waals surface area contributed by atoms with Crippen LogP contribution in [0.25, 0.3) is 0 Å². The molecule has 0 radical (unpaired) electrons. The first-order valence-corrected chi connectivity index (χ1v) is 7.08. The van der Waals surface area contributed by atoms with Crippen molar-refractivity contribution in [3.05, 3.63) is 29.3 Å². The van der Waals surface area contributed by atoms with Gasteiger partial charge in [-0.15, -0.1) is 11.6 Å². The lowest BCUT2D eigenvalue weighted by Crippen LogP contribution is -2.43. The Kier molecular flexibility index (Phi) is 6.32. The van der Waals surface area contributed by atoms with Gasteiger partial charge in [0.1, 0.15) is 5.88 Å². The van der Waals surface area contributed by atoms with Crippen molar-refractivity contribution in [1.29, 1.82) is 0 Å². The Bertz CT molecular complexity index is 414. The zero-order chi connectivity index (χ0) is 14.4. The lowest BCUT2D eigenvalue weighted by molar-refractivity contribution is -0.117. The van der Waals surface area contributed by atoms with Gasteiger partial charge in [0.2, 0.25) is 5.91 Å². The monoisotopic (exact) mass is 283 g/mol. The first-order valence-electron chi connectivity index (χ1n) is 6.54. The fourth-order valence-corrected chi connectivity index (χ4v) is 2.33. The van der Waals surface area contributed by atoms with E-state index >= 15 is 0 Å². The summed E-state index contributed by atoms with van der Waals surface area (Å²) in [5.74, 6) is -0.115. The van der Waals surface area contributed by atoms with Crippen LogP contribution in [0.3, 0.4) is 0 Å². The van der Waals surface area contributed by atoms with Crippen LogP contribution >= 0.6 is 11.6 Å². The molecule has 0 saturated carbocycles. The topological polar surface area (TPSA) is 29.5 Å². The summed E-state index contributed by atoms with van der Waals surface area (Å²) in [6, 6.07) is 5.96. The number of aryl methyl sites for hydroxylation is 2. The molecule has 1 atom stereocenters. The summed E-state index contributed by atoms with van der Waals surface area (Å²) in [6.45, 7) is 9.08. The normalized spacial score (nSPS) is 12.3. The third kappa shape index (κ3) is 3.95. The number of nitrogens with zero attached hydrogens (tertiary/aromatic N) is 1. The van der Waals surface area contributed by atoms with Gasteiger partial charge in [-0.2, -0.15) is 0 Å². The number of benzene rings is 1. The third-order valence-electron chi connectivity index (χ3n) is 3.07. The molecule has 0 N–H and O–H groups in total. The summed E-state index contributed by atoms with van der Waals surface area (Å²) in [5.41, 5.74) is 3.09. The van der Waals surface area contributed by atoms with E-state index in [1.807, 2.05) is 45.9 Å². The minimum Gasteiger partial charge on any atom is -0.380 e. The summed E-state index contributed by atoms with van der Waals surface area (Å²) in [7, 11) is 0. The van der Waals surface area contributed by atoms with Crippen LogP contribution in [0.15, 0.2) is 18.2 Å². The van der Waals surface area contributed by atoms with E-state index in [0.717, 1.165) is 16.8 Å². The Morgan fingerprint density at radius 1 is 1.37 bits per heavy atom. The summed E-state index contributed by atoms with van der Waals surface area (Å²) < 4.78 is 5.44. The number of hydrogen-bond donors (Lipinski definition) is 0. The Hall–Kier alpha value is -1.06. The van der Waals surface area contributed by atoms with Gasteiger partial charge in [-0.05, 0) is 38.8 Å². The van der Waals surface area contributed by atoms with Crippen LogP contribution in [0.2, 0.25) is 0 Å².